The lowest BCUT2D eigenvalue weighted by Crippen LogP contribution is -2.13. The summed E-state index contributed by atoms with van der Waals surface area (Å²) in [6.07, 6.45) is 3.09. The van der Waals surface area contributed by atoms with Gasteiger partial charge in [-0.25, -0.2) is 0 Å². The SMILES string of the molecule is COc1ccccc1Nc1cncc(C(=O)Nc2ccccc2C#N)c1. The van der Waals surface area contributed by atoms with Crippen LogP contribution in [0.2, 0.25) is 0 Å². The number of hydrogen-bond acceptors (Lipinski definition) is 5. The van der Waals surface area contributed by atoms with Crippen LogP contribution in [0, 0.1) is 11.3 Å². The van der Waals surface area contributed by atoms with Crippen molar-refractivity contribution in [1.82, 2.24) is 4.98 Å². The van der Waals surface area contributed by atoms with Crippen molar-refractivity contribution in [1.29, 1.82) is 5.26 Å². The lowest BCUT2D eigenvalue weighted by molar-refractivity contribution is 0.102. The van der Waals surface area contributed by atoms with Gasteiger partial charge >= 0.3 is 0 Å². The third-order valence-corrected chi connectivity index (χ3v) is 3.68. The molecule has 0 aliphatic rings. The Morgan fingerprint density at radius 3 is 2.58 bits per heavy atom. The number of benzene rings is 2. The normalized spacial score (nSPS) is 9.85. The average molecular weight is 344 g/mol. The molecule has 1 aromatic heterocycles. The summed E-state index contributed by atoms with van der Waals surface area (Å²) >= 11 is 0. The molecule has 6 heteroatoms. The minimum atomic E-state index is -0.344. The zero-order chi connectivity index (χ0) is 18.4. The zero-order valence-electron chi connectivity index (χ0n) is 14.1. The molecule has 0 unspecified atom stereocenters. The van der Waals surface area contributed by atoms with Crippen LogP contribution in [0.15, 0.2) is 67.0 Å². The van der Waals surface area contributed by atoms with E-state index in [4.69, 9.17) is 10.00 Å². The number of nitrogens with one attached hydrogen (secondary N) is 2. The van der Waals surface area contributed by atoms with E-state index in [9.17, 15) is 4.79 Å². The Hall–Kier alpha value is -3.85. The minimum Gasteiger partial charge on any atom is -0.495 e. The molecule has 1 heterocycles. The molecule has 0 aliphatic carbocycles. The number of aromatic nitrogens is 1. The quantitative estimate of drug-likeness (QED) is 0.731. The van der Waals surface area contributed by atoms with Gasteiger partial charge in [0.25, 0.3) is 5.91 Å². The molecular weight excluding hydrogens is 328 g/mol. The van der Waals surface area contributed by atoms with Crippen molar-refractivity contribution in [2.24, 2.45) is 0 Å². The summed E-state index contributed by atoms with van der Waals surface area (Å²) in [7, 11) is 1.59. The maximum Gasteiger partial charge on any atom is 0.257 e. The summed E-state index contributed by atoms with van der Waals surface area (Å²) < 4.78 is 5.31. The number of hydrogen-bond donors (Lipinski definition) is 2. The van der Waals surface area contributed by atoms with Gasteiger partial charge in [-0.05, 0) is 30.3 Å². The molecule has 0 fully saturated rings. The third kappa shape index (κ3) is 3.79. The van der Waals surface area contributed by atoms with Crippen LogP contribution in [-0.2, 0) is 0 Å². The number of para-hydroxylation sites is 3. The Morgan fingerprint density at radius 1 is 1.08 bits per heavy atom. The highest BCUT2D eigenvalue weighted by Gasteiger charge is 2.11. The van der Waals surface area contributed by atoms with Gasteiger partial charge in [0.2, 0.25) is 0 Å². The number of carbonyl (C=O) groups excluding carboxylic acids is 1. The van der Waals surface area contributed by atoms with E-state index in [1.807, 2.05) is 24.3 Å². The van der Waals surface area contributed by atoms with Crippen LogP contribution in [0.25, 0.3) is 0 Å². The molecule has 2 N–H and O–H groups in total. The van der Waals surface area contributed by atoms with E-state index in [1.165, 1.54) is 6.20 Å². The van der Waals surface area contributed by atoms with Crippen molar-refractivity contribution in [2.75, 3.05) is 17.7 Å². The van der Waals surface area contributed by atoms with Gasteiger partial charge in [0.15, 0.2) is 0 Å². The minimum absolute atomic E-state index is 0.344. The fourth-order valence-electron chi connectivity index (χ4n) is 2.42. The molecular formula is C20H16N4O2. The predicted octanol–water partition coefficient (Wildman–Crippen LogP) is 3.96. The number of methoxy groups -OCH3 is 1. The predicted molar refractivity (Wildman–Crippen MR) is 99.6 cm³/mol. The van der Waals surface area contributed by atoms with Gasteiger partial charge in [0.1, 0.15) is 11.8 Å². The smallest absolute Gasteiger partial charge is 0.257 e. The number of anilines is 3. The Labute approximate surface area is 151 Å². The average Bonchev–Trinajstić information content (AvgIpc) is 2.69. The number of amides is 1. The fraction of sp³-hybridized carbons (Fsp3) is 0.0500. The molecule has 0 bridgehead atoms. The monoisotopic (exact) mass is 344 g/mol. The molecule has 6 nitrogen and oxygen atoms in total. The highest BCUT2D eigenvalue weighted by molar-refractivity contribution is 6.05. The second kappa shape index (κ2) is 7.81. The molecule has 0 spiro atoms. The summed E-state index contributed by atoms with van der Waals surface area (Å²) in [5.74, 6) is 0.342. The van der Waals surface area contributed by atoms with Crippen molar-refractivity contribution in [3.63, 3.8) is 0 Å². The number of ether oxygens (including phenoxy) is 1. The van der Waals surface area contributed by atoms with Crippen molar-refractivity contribution in [3.8, 4) is 11.8 Å². The number of nitrogens with zero attached hydrogens (tertiary/aromatic N) is 2. The Bertz CT molecular complexity index is 979. The number of carbonyl (C=O) groups is 1. The van der Waals surface area contributed by atoms with E-state index in [1.54, 1.807) is 43.6 Å². The van der Waals surface area contributed by atoms with Crippen molar-refractivity contribution < 1.29 is 9.53 Å². The summed E-state index contributed by atoms with van der Waals surface area (Å²) in [5, 5.41) is 15.0. The maximum absolute atomic E-state index is 12.5. The van der Waals surface area contributed by atoms with Gasteiger partial charge in [0, 0.05) is 6.20 Å². The summed E-state index contributed by atoms with van der Waals surface area (Å²) in [6.45, 7) is 0. The molecule has 2 aromatic carbocycles. The zero-order valence-corrected chi connectivity index (χ0v) is 14.1. The Morgan fingerprint density at radius 2 is 1.81 bits per heavy atom. The molecule has 1 amide bonds. The van der Waals surface area contributed by atoms with Crippen LogP contribution in [-0.4, -0.2) is 18.0 Å². The first-order valence-corrected chi connectivity index (χ1v) is 7.87. The molecule has 0 radical (unpaired) electrons. The van der Waals surface area contributed by atoms with E-state index in [0.717, 1.165) is 5.69 Å². The molecule has 3 aromatic rings. The molecule has 3 rings (SSSR count). The van der Waals surface area contributed by atoms with Gasteiger partial charge in [-0.15, -0.1) is 0 Å². The van der Waals surface area contributed by atoms with Gasteiger partial charge < -0.3 is 15.4 Å². The lowest BCUT2D eigenvalue weighted by atomic mass is 10.1. The second-order valence-corrected chi connectivity index (χ2v) is 5.40. The van der Waals surface area contributed by atoms with Crippen LogP contribution in [0.5, 0.6) is 5.75 Å². The van der Waals surface area contributed by atoms with E-state index < -0.39 is 0 Å². The number of rotatable bonds is 5. The van der Waals surface area contributed by atoms with Crippen molar-refractivity contribution >= 4 is 23.0 Å². The van der Waals surface area contributed by atoms with Gasteiger partial charge in [-0.2, -0.15) is 5.26 Å². The van der Waals surface area contributed by atoms with Crippen molar-refractivity contribution in [3.05, 3.63) is 78.1 Å². The highest BCUT2D eigenvalue weighted by Crippen LogP contribution is 2.27. The summed E-state index contributed by atoms with van der Waals surface area (Å²) in [4.78, 5) is 16.6. The van der Waals surface area contributed by atoms with Crippen LogP contribution in [0.1, 0.15) is 15.9 Å². The van der Waals surface area contributed by atoms with E-state index in [-0.39, 0.29) is 5.91 Å². The van der Waals surface area contributed by atoms with Gasteiger partial charge in [-0.1, -0.05) is 24.3 Å². The van der Waals surface area contributed by atoms with Crippen molar-refractivity contribution in [2.45, 2.75) is 0 Å². The maximum atomic E-state index is 12.5. The van der Waals surface area contributed by atoms with Crippen LogP contribution in [0.4, 0.5) is 17.1 Å². The Kier molecular flexibility index (Phi) is 5.11. The molecule has 0 atom stereocenters. The van der Waals surface area contributed by atoms with E-state index in [2.05, 4.69) is 21.7 Å². The molecule has 26 heavy (non-hydrogen) atoms. The number of pyridine rings is 1. The standard InChI is InChI=1S/C20H16N4O2/c1-26-19-9-5-4-8-18(19)23-16-10-15(12-22-13-16)20(25)24-17-7-3-2-6-14(17)11-21/h2-10,12-13,23H,1H3,(H,24,25). The van der Waals surface area contributed by atoms with E-state index >= 15 is 0 Å². The first-order chi connectivity index (χ1) is 12.7. The fourth-order valence-corrected chi connectivity index (χ4v) is 2.42. The van der Waals surface area contributed by atoms with Crippen LogP contribution in [0.3, 0.4) is 0 Å². The first-order valence-electron chi connectivity index (χ1n) is 7.87. The second-order valence-electron chi connectivity index (χ2n) is 5.40. The molecule has 0 saturated carbocycles. The summed E-state index contributed by atoms with van der Waals surface area (Å²) in [5.41, 5.74) is 2.65. The number of nitriles is 1. The van der Waals surface area contributed by atoms with Crippen LogP contribution < -0.4 is 15.4 Å². The van der Waals surface area contributed by atoms with Crippen LogP contribution >= 0.6 is 0 Å². The topological polar surface area (TPSA) is 87.0 Å². The van der Waals surface area contributed by atoms with Gasteiger partial charge in [-0.3, -0.25) is 9.78 Å². The lowest BCUT2D eigenvalue weighted by Gasteiger charge is -2.12. The van der Waals surface area contributed by atoms with E-state index in [0.29, 0.717) is 28.3 Å². The van der Waals surface area contributed by atoms with Gasteiger partial charge in [0.05, 0.1) is 41.5 Å². The highest BCUT2D eigenvalue weighted by atomic mass is 16.5. The first kappa shape index (κ1) is 17.0. The molecule has 0 saturated heterocycles. The summed E-state index contributed by atoms with van der Waals surface area (Å²) in [6, 6.07) is 18.0. The largest absolute Gasteiger partial charge is 0.495 e. The molecule has 0 aliphatic heterocycles. The Balaban J connectivity index is 1.81. The molecule has 128 valence electrons. The third-order valence-electron chi connectivity index (χ3n) is 3.68.